The van der Waals surface area contributed by atoms with Crippen LogP contribution < -0.4 is 0 Å². The van der Waals surface area contributed by atoms with Crippen molar-refractivity contribution in [1.29, 1.82) is 5.26 Å². The second-order valence-electron chi connectivity index (χ2n) is 18.0. The molecule has 3 aromatic heterocycles. The molecule has 66 heavy (non-hydrogen) atoms. The van der Waals surface area contributed by atoms with Crippen LogP contribution in [0.3, 0.4) is 0 Å². The van der Waals surface area contributed by atoms with Crippen LogP contribution in [-0.2, 0) is 26.5 Å². The number of furan rings is 1. The Kier molecular flexibility index (Phi) is 12.2. The first-order valence-electron chi connectivity index (χ1n) is 22.8. The van der Waals surface area contributed by atoms with Crippen LogP contribution in [0.1, 0.15) is 85.3 Å². The van der Waals surface area contributed by atoms with Gasteiger partial charge < -0.3 is 14.0 Å². The van der Waals surface area contributed by atoms with Crippen molar-refractivity contribution in [2.24, 2.45) is 5.41 Å². The number of halogens is 2. The Labute approximate surface area is 400 Å². The third-order valence-corrected chi connectivity index (χ3v) is 11.5. The summed E-state index contributed by atoms with van der Waals surface area (Å²) in [5.41, 5.74) is 11.2. The molecule has 3 heterocycles. The number of hydrogen-bond donors (Lipinski definition) is 0. The number of benzene rings is 7. The van der Waals surface area contributed by atoms with Crippen molar-refractivity contribution in [1.82, 2.24) is 14.5 Å². The van der Waals surface area contributed by atoms with E-state index in [4.69, 9.17) is 12.1 Å². The molecule has 0 saturated carbocycles. The average Bonchev–Trinajstić information content (AvgIpc) is 3.90. The molecule has 0 aliphatic carbocycles. The SMILES string of the molecule is CC(C)c1cc(-c2ccccc2)cc(C(C)C)c1-n1c(-c2[c-]ccc3c2oc2c4cc(C#N)ccc4ccc32)nc2ccccc21.[2H]C([2H])(c1ccc(-c2[c-]cc(F)cc2F)nc1)C(C)(C)C.[Ir]. The molecule has 1 radical (unpaired) electrons. The predicted octanol–water partition coefficient (Wildman–Crippen LogP) is 15.7. The number of fused-ring (bicyclic) bond motifs is 6. The van der Waals surface area contributed by atoms with Crippen LogP contribution in [-0.4, -0.2) is 14.5 Å². The van der Waals surface area contributed by atoms with Crippen LogP contribution in [0.25, 0.3) is 83.2 Å². The number of pyridine rings is 1. The van der Waals surface area contributed by atoms with Gasteiger partial charge in [0.2, 0.25) is 0 Å². The Balaban J connectivity index is 0.000000240. The van der Waals surface area contributed by atoms with E-state index in [2.05, 4.69) is 134 Å². The van der Waals surface area contributed by atoms with Crippen molar-refractivity contribution in [3.63, 3.8) is 0 Å². The summed E-state index contributed by atoms with van der Waals surface area (Å²) in [7, 11) is 0. The van der Waals surface area contributed by atoms with Gasteiger partial charge in [-0.15, -0.1) is 30.3 Å². The van der Waals surface area contributed by atoms with Gasteiger partial charge in [-0.1, -0.05) is 144 Å². The number of hydrogen-bond acceptors (Lipinski definition) is 4. The zero-order valence-electron chi connectivity index (χ0n) is 39.7. The summed E-state index contributed by atoms with van der Waals surface area (Å²) in [6.07, 6.45) is -0.180. The van der Waals surface area contributed by atoms with E-state index in [1.807, 2.05) is 30.3 Å². The molecule has 10 aromatic rings. The van der Waals surface area contributed by atoms with E-state index in [-0.39, 0.29) is 37.5 Å². The topological polar surface area (TPSA) is 67.6 Å². The fraction of sp³-hybridized carbons (Fsp3) is 0.190. The normalized spacial score (nSPS) is 12.3. The minimum absolute atomic E-state index is 0. The molecule has 0 unspecified atom stereocenters. The Hall–Kier alpha value is -6.78. The summed E-state index contributed by atoms with van der Waals surface area (Å²) in [4.78, 5) is 9.36. The maximum absolute atomic E-state index is 13.7. The van der Waals surface area contributed by atoms with Gasteiger partial charge in [0, 0.05) is 57.1 Å². The molecule has 7 aromatic carbocycles. The number of nitrogens with zero attached hydrogens (tertiary/aromatic N) is 4. The number of nitriles is 1. The van der Waals surface area contributed by atoms with Crippen molar-refractivity contribution < 1.29 is 36.0 Å². The van der Waals surface area contributed by atoms with E-state index in [1.54, 1.807) is 26.8 Å². The molecular formula is C58H48F2IrN4O-2. The number of rotatable bonds is 7. The summed E-state index contributed by atoms with van der Waals surface area (Å²) < 4.78 is 52.0. The van der Waals surface area contributed by atoms with Gasteiger partial charge in [0.25, 0.3) is 0 Å². The molecule has 0 bridgehead atoms. The van der Waals surface area contributed by atoms with Crippen LogP contribution in [0.15, 0.2) is 144 Å². The predicted molar refractivity (Wildman–Crippen MR) is 260 cm³/mol. The number of para-hydroxylation sites is 2. The van der Waals surface area contributed by atoms with E-state index in [1.165, 1.54) is 40.2 Å². The molecule has 8 heteroatoms. The summed E-state index contributed by atoms with van der Waals surface area (Å²) in [6.45, 7) is 14.5. The summed E-state index contributed by atoms with van der Waals surface area (Å²) in [5.74, 6) is -0.121. The van der Waals surface area contributed by atoms with Crippen LogP contribution in [0, 0.1) is 40.5 Å². The molecule has 0 N–H and O–H groups in total. The quantitative estimate of drug-likeness (QED) is 0.149. The first kappa shape index (κ1) is 43.1. The largest absolute Gasteiger partial charge is 0.500 e. The molecule has 0 saturated heterocycles. The Morgan fingerprint density at radius 3 is 2.12 bits per heavy atom. The number of aromatic nitrogens is 3. The molecule has 0 aliphatic heterocycles. The maximum Gasteiger partial charge on any atom is 0.128 e. The zero-order valence-corrected chi connectivity index (χ0v) is 40.1. The fourth-order valence-electron chi connectivity index (χ4n) is 8.48. The van der Waals surface area contributed by atoms with E-state index in [9.17, 15) is 14.0 Å². The summed E-state index contributed by atoms with van der Waals surface area (Å²) >= 11 is 0. The average molecular weight is 1050 g/mol. The second kappa shape index (κ2) is 18.6. The van der Waals surface area contributed by atoms with Gasteiger partial charge in [-0.25, -0.2) is 0 Å². The Bertz CT molecular complexity index is 3500. The van der Waals surface area contributed by atoms with Gasteiger partial charge >= 0.3 is 0 Å². The summed E-state index contributed by atoms with van der Waals surface area (Å²) in [6, 6.07) is 50.9. The molecule has 0 amide bonds. The zero-order chi connectivity index (χ0) is 47.4. The van der Waals surface area contributed by atoms with Gasteiger partial charge in [0.05, 0.1) is 34.1 Å². The van der Waals surface area contributed by atoms with E-state index in [0.29, 0.717) is 16.8 Å². The minimum Gasteiger partial charge on any atom is -0.500 e. The maximum atomic E-state index is 13.7. The second-order valence-corrected chi connectivity index (χ2v) is 18.0. The van der Waals surface area contributed by atoms with Gasteiger partial charge in [0.15, 0.2) is 0 Å². The van der Waals surface area contributed by atoms with Crippen molar-refractivity contribution in [3.05, 3.63) is 186 Å². The smallest absolute Gasteiger partial charge is 0.128 e. The molecule has 0 fully saturated rings. The van der Waals surface area contributed by atoms with Crippen molar-refractivity contribution in [2.75, 3.05) is 0 Å². The fourth-order valence-corrected chi connectivity index (χ4v) is 8.48. The van der Waals surface area contributed by atoms with Crippen LogP contribution in [0.2, 0.25) is 0 Å². The van der Waals surface area contributed by atoms with Crippen molar-refractivity contribution >= 4 is 43.7 Å². The van der Waals surface area contributed by atoms with Crippen LogP contribution in [0.4, 0.5) is 8.78 Å². The third-order valence-electron chi connectivity index (χ3n) is 11.5. The monoisotopic (exact) mass is 1050 g/mol. The first-order valence-corrected chi connectivity index (χ1v) is 21.8. The van der Waals surface area contributed by atoms with E-state index in [0.717, 1.165) is 67.3 Å². The van der Waals surface area contributed by atoms with Crippen molar-refractivity contribution in [2.45, 2.75) is 66.7 Å². The van der Waals surface area contributed by atoms with Crippen LogP contribution >= 0.6 is 0 Å². The molecule has 10 rings (SSSR count). The molecule has 5 nitrogen and oxygen atoms in total. The minimum atomic E-state index is -1.57. The third kappa shape index (κ3) is 8.94. The first-order chi connectivity index (χ1) is 32.0. The van der Waals surface area contributed by atoms with Crippen LogP contribution in [0.5, 0.6) is 0 Å². The Morgan fingerprint density at radius 2 is 1.45 bits per heavy atom. The molecule has 331 valence electrons. The molecule has 0 atom stereocenters. The van der Waals surface area contributed by atoms with Gasteiger partial charge in [-0.05, 0) is 98.9 Å². The molecule has 0 spiro atoms. The molecular weight excluding hydrogens is 999 g/mol. The van der Waals surface area contributed by atoms with Gasteiger partial charge in [-0.3, -0.25) is 13.8 Å². The Morgan fingerprint density at radius 1 is 0.758 bits per heavy atom. The number of imidazole rings is 1. The standard InChI is InChI=1S/C42H32N3O.C16H16F2N.Ir/c1-25(2)34-22-30(28-11-6-5-7-12-28)23-35(26(3)4)39(34)45-38-16-9-8-15-37(38)44-42(45)33-14-10-13-31-32-20-19-29-18-17-27(24-43)21-36(29)41(32)46-40(31)33;1-16(2,3)9-11-4-7-15(19-10-11)13-6-5-12(17)8-14(13)18;/h5-13,15-23,25-26H,1-4H3;4-5,7-8,10H,9H2,1-3H3;/q2*-1;/i;9D2;. The summed E-state index contributed by atoms with van der Waals surface area (Å²) in [5, 5.41) is 13.6. The van der Waals surface area contributed by atoms with Gasteiger partial charge in [-0.2, -0.15) is 5.26 Å². The van der Waals surface area contributed by atoms with E-state index >= 15 is 0 Å². The van der Waals surface area contributed by atoms with Crippen molar-refractivity contribution in [3.8, 4) is 45.5 Å². The van der Waals surface area contributed by atoms with E-state index < -0.39 is 23.4 Å². The molecule has 0 aliphatic rings. The van der Waals surface area contributed by atoms with Gasteiger partial charge in [0.1, 0.15) is 5.58 Å².